The van der Waals surface area contributed by atoms with E-state index < -0.39 is 64.8 Å². The molecule has 0 aromatic heterocycles. The Morgan fingerprint density at radius 1 is 0.750 bits per heavy atom. The predicted octanol–water partition coefficient (Wildman–Crippen LogP) is 5.23. The first-order valence-electron chi connectivity index (χ1n) is 6.38. The van der Waals surface area contributed by atoms with Crippen LogP contribution < -0.4 is 0 Å². The van der Waals surface area contributed by atoms with Gasteiger partial charge in [-0.25, -0.2) is 4.90 Å². The molecule has 0 radical (unpaired) electrons. The molecule has 0 saturated carbocycles. The Bertz CT molecular complexity index is 606. The van der Waals surface area contributed by atoms with Crippen molar-refractivity contribution in [3.63, 3.8) is 0 Å². The standard InChI is InChI=1S/C10H5F15N2O/c1-2-28-3(5(12,13)14)4(11)26-6(15,16)8(19,20)27(10(23,24)25)9(21,22)7(26,17)18/h2H2,1H3/b4-3-. The summed E-state index contributed by atoms with van der Waals surface area (Å²) < 4.78 is 200. The number of hydrogen-bond donors (Lipinski definition) is 0. The van der Waals surface area contributed by atoms with Crippen molar-refractivity contribution in [2.45, 2.75) is 43.6 Å². The predicted molar refractivity (Wildman–Crippen MR) is 55.3 cm³/mol. The Labute approximate surface area is 143 Å². The second-order valence-electron chi connectivity index (χ2n) is 4.85. The highest BCUT2D eigenvalue weighted by atomic mass is 19.4. The summed E-state index contributed by atoms with van der Waals surface area (Å²) in [7, 11) is 0. The van der Waals surface area contributed by atoms with Gasteiger partial charge in [-0.15, -0.1) is 0 Å². The van der Waals surface area contributed by atoms with E-state index in [1.165, 1.54) is 0 Å². The summed E-state index contributed by atoms with van der Waals surface area (Å²) in [6, 6.07) is -29.2. The number of nitrogens with zero attached hydrogens (tertiary/aromatic N) is 2. The zero-order valence-electron chi connectivity index (χ0n) is 12.7. The van der Waals surface area contributed by atoms with Crippen LogP contribution in [0.15, 0.2) is 11.7 Å². The fourth-order valence-corrected chi connectivity index (χ4v) is 1.96. The van der Waals surface area contributed by atoms with Crippen LogP contribution in [-0.2, 0) is 4.74 Å². The number of halogens is 15. The second-order valence-corrected chi connectivity index (χ2v) is 4.85. The first-order chi connectivity index (χ1) is 12.1. The quantitative estimate of drug-likeness (QED) is 0.330. The van der Waals surface area contributed by atoms with E-state index in [4.69, 9.17) is 0 Å². The van der Waals surface area contributed by atoms with E-state index in [-0.39, 0.29) is 0 Å². The van der Waals surface area contributed by atoms with Gasteiger partial charge in [0, 0.05) is 0 Å². The second kappa shape index (κ2) is 6.38. The van der Waals surface area contributed by atoms with Gasteiger partial charge in [0.2, 0.25) is 5.95 Å². The van der Waals surface area contributed by atoms with Crippen LogP contribution in [0.5, 0.6) is 0 Å². The minimum absolute atomic E-state index is 0.597. The molecule has 1 fully saturated rings. The molecule has 0 unspecified atom stereocenters. The molecule has 1 saturated heterocycles. The average molecular weight is 454 g/mol. The molecular weight excluding hydrogens is 449 g/mol. The van der Waals surface area contributed by atoms with E-state index in [0.29, 0.717) is 6.92 Å². The third kappa shape index (κ3) is 3.28. The Balaban J connectivity index is 3.93. The maximum atomic E-state index is 13.8. The summed E-state index contributed by atoms with van der Waals surface area (Å²) in [5.74, 6) is -7.66. The van der Waals surface area contributed by atoms with Gasteiger partial charge in [-0.1, -0.05) is 4.90 Å². The highest BCUT2D eigenvalue weighted by molar-refractivity contribution is 5.15. The molecule has 0 aromatic rings. The van der Waals surface area contributed by atoms with E-state index >= 15 is 0 Å². The molecule has 0 bridgehead atoms. The SMILES string of the molecule is CCO/C(=C(/F)N1C(F)(F)C(F)(F)N(C(F)(F)F)C(F)(F)C1(F)F)C(F)(F)F. The first-order valence-corrected chi connectivity index (χ1v) is 6.38. The molecule has 1 aliphatic heterocycles. The van der Waals surface area contributed by atoms with Crippen LogP contribution in [0.4, 0.5) is 65.9 Å². The monoisotopic (exact) mass is 454 g/mol. The maximum Gasteiger partial charge on any atom is 0.470 e. The molecule has 0 atom stereocenters. The van der Waals surface area contributed by atoms with Crippen molar-refractivity contribution in [3.8, 4) is 0 Å². The summed E-state index contributed by atoms with van der Waals surface area (Å²) in [6.45, 7) is -0.713. The Morgan fingerprint density at radius 2 is 1.11 bits per heavy atom. The van der Waals surface area contributed by atoms with Crippen LogP contribution in [0.25, 0.3) is 0 Å². The van der Waals surface area contributed by atoms with E-state index in [9.17, 15) is 65.9 Å². The zero-order chi connectivity index (χ0) is 22.7. The van der Waals surface area contributed by atoms with Gasteiger partial charge in [0.1, 0.15) is 0 Å². The molecular formula is C10H5F15N2O. The van der Waals surface area contributed by atoms with Crippen molar-refractivity contribution in [3.05, 3.63) is 11.7 Å². The number of alkyl halides is 14. The molecule has 1 heterocycles. The highest BCUT2D eigenvalue weighted by Crippen LogP contribution is 2.62. The summed E-state index contributed by atoms with van der Waals surface area (Å²) >= 11 is 0. The van der Waals surface area contributed by atoms with Gasteiger partial charge in [0.15, 0.2) is 0 Å². The number of rotatable bonds is 3. The molecule has 0 aromatic carbocycles. The molecule has 18 heteroatoms. The zero-order valence-corrected chi connectivity index (χ0v) is 12.7. The minimum Gasteiger partial charge on any atom is -0.486 e. The largest absolute Gasteiger partial charge is 0.486 e. The third-order valence-electron chi connectivity index (χ3n) is 3.03. The molecule has 0 N–H and O–H groups in total. The lowest BCUT2D eigenvalue weighted by atomic mass is 10.1. The van der Waals surface area contributed by atoms with Gasteiger partial charge in [-0.3, -0.25) is 0 Å². The van der Waals surface area contributed by atoms with Gasteiger partial charge in [-0.2, -0.15) is 65.9 Å². The van der Waals surface area contributed by atoms with Crippen molar-refractivity contribution in [2.24, 2.45) is 0 Å². The molecule has 0 amide bonds. The number of hydrogen-bond acceptors (Lipinski definition) is 3. The van der Waals surface area contributed by atoms with Crippen LogP contribution >= 0.6 is 0 Å². The third-order valence-corrected chi connectivity index (χ3v) is 3.03. The van der Waals surface area contributed by atoms with Crippen molar-refractivity contribution in [1.82, 2.24) is 9.80 Å². The smallest absolute Gasteiger partial charge is 0.470 e. The summed E-state index contributed by atoms with van der Waals surface area (Å²) in [6.07, 6.45) is -13.5. The van der Waals surface area contributed by atoms with E-state index in [0.717, 1.165) is 0 Å². The number of ether oxygens (including phenoxy) is 1. The molecule has 28 heavy (non-hydrogen) atoms. The van der Waals surface area contributed by atoms with Gasteiger partial charge in [0.25, 0.3) is 5.76 Å². The molecule has 1 aliphatic rings. The van der Waals surface area contributed by atoms with E-state index in [1.807, 2.05) is 0 Å². The Hall–Kier alpha value is -1.75. The fraction of sp³-hybridized carbons (Fsp3) is 0.800. The lowest BCUT2D eigenvalue weighted by Gasteiger charge is -2.53. The van der Waals surface area contributed by atoms with Crippen molar-refractivity contribution >= 4 is 0 Å². The van der Waals surface area contributed by atoms with E-state index in [2.05, 4.69) is 4.74 Å². The molecule has 3 nitrogen and oxygen atoms in total. The Morgan fingerprint density at radius 3 is 1.36 bits per heavy atom. The molecule has 0 aliphatic carbocycles. The highest BCUT2D eigenvalue weighted by Gasteiger charge is 2.90. The van der Waals surface area contributed by atoms with Gasteiger partial charge >= 0.3 is 36.7 Å². The summed E-state index contributed by atoms with van der Waals surface area (Å²) in [4.78, 5) is -7.26. The average Bonchev–Trinajstić information content (AvgIpc) is 2.38. The molecule has 0 spiro atoms. The van der Waals surface area contributed by atoms with Gasteiger partial charge < -0.3 is 4.74 Å². The van der Waals surface area contributed by atoms with Crippen molar-refractivity contribution in [2.75, 3.05) is 6.61 Å². The topological polar surface area (TPSA) is 15.7 Å². The van der Waals surface area contributed by atoms with Crippen molar-refractivity contribution in [1.29, 1.82) is 0 Å². The lowest BCUT2D eigenvalue weighted by Crippen LogP contribution is -2.82. The molecule has 1 rings (SSSR count). The lowest BCUT2D eigenvalue weighted by molar-refractivity contribution is -0.547. The van der Waals surface area contributed by atoms with Crippen LogP contribution in [0.2, 0.25) is 0 Å². The van der Waals surface area contributed by atoms with Crippen LogP contribution in [0.3, 0.4) is 0 Å². The minimum atomic E-state index is -7.35. The summed E-state index contributed by atoms with van der Waals surface area (Å²) in [5, 5.41) is 0. The van der Waals surface area contributed by atoms with Crippen LogP contribution in [0, 0.1) is 0 Å². The Kier molecular flexibility index (Phi) is 5.53. The number of allylic oxidation sites excluding steroid dienone is 1. The fourth-order valence-electron chi connectivity index (χ4n) is 1.96. The van der Waals surface area contributed by atoms with E-state index in [1.54, 1.807) is 0 Å². The van der Waals surface area contributed by atoms with Gasteiger partial charge in [0.05, 0.1) is 6.61 Å². The van der Waals surface area contributed by atoms with Crippen LogP contribution in [-0.4, -0.2) is 53.1 Å². The first kappa shape index (κ1) is 24.3. The number of piperazine rings is 1. The van der Waals surface area contributed by atoms with Gasteiger partial charge in [-0.05, 0) is 6.92 Å². The summed E-state index contributed by atoms with van der Waals surface area (Å²) in [5.41, 5.74) is 0. The maximum absolute atomic E-state index is 13.8. The molecule has 166 valence electrons. The normalized spacial score (nSPS) is 25.4. The van der Waals surface area contributed by atoms with Crippen LogP contribution in [0.1, 0.15) is 6.92 Å². The van der Waals surface area contributed by atoms with Crippen molar-refractivity contribution < 1.29 is 70.6 Å².